The summed E-state index contributed by atoms with van der Waals surface area (Å²) in [5.41, 5.74) is 1.01. The molecule has 0 spiro atoms. The second kappa shape index (κ2) is 7.42. The van der Waals surface area contributed by atoms with Crippen molar-refractivity contribution in [2.45, 2.75) is 26.8 Å². The first-order valence-electron chi connectivity index (χ1n) is 6.61. The zero-order valence-corrected chi connectivity index (χ0v) is 12.6. The van der Waals surface area contributed by atoms with Gasteiger partial charge in [-0.05, 0) is 30.2 Å². The van der Waals surface area contributed by atoms with Gasteiger partial charge in [-0.15, -0.1) is 0 Å². The second-order valence-electron chi connectivity index (χ2n) is 4.98. The first kappa shape index (κ1) is 16.7. The lowest BCUT2D eigenvalue weighted by molar-refractivity contribution is -0.144. The van der Waals surface area contributed by atoms with Gasteiger partial charge in [0.05, 0.1) is 7.11 Å². The Hall–Kier alpha value is -2.37. The van der Waals surface area contributed by atoms with Gasteiger partial charge < -0.3 is 15.4 Å². The van der Waals surface area contributed by atoms with Crippen LogP contribution in [0.15, 0.2) is 24.3 Å². The summed E-state index contributed by atoms with van der Waals surface area (Å²) in [5.74, 6) is -1.11. The van der Waals surface area contributed by atoms with E-state index in [1.807, 2.05) is 13.8 Å². The van der Waals surface area contributed by atoms with Crippen molar-refractivity contribution in [3.8, 4) is 0 Å². The van der Waals surface area contributed by atoms with Crippen LogP contribution in [0, 0.1) is 5.92 Å². The van der Waals surface area contributed by atoms with Gasteiger partial charge >= 0.3 is 5.97 Å². The number of amides is 2. The molecule has 0 unspecified atom stereocenters. The molecule has 6 nitrogen and oxygen atoms in total. The molecule has 21 heavy (non-hydrogen) atoms. The van der Waals surface area contributed by atoms with Gasteiger partial charge in [-0.25, -0.2) is 4.79 Å². The van der Waals surface area contributed by atoms with Crippen molar-refractivity contribution in [2.24, 2.45) is 5.92 Å². The quantitative estimate of drug-likeness (QED) is 0.807. The van der Waals surface area contributed by atoms with Gasteiger partial charge in [-0.2, -0.15) is 0 Å². The number of carbonyl (C=O) groups excluding carboxylic acids is 3. The number of anilines is 1. The normalized spacial score (nSPS) is 11.7. The predicted molar refractivity (Wildman–Crippen MR) is 78.9 cm³/mol. The van der Waals surface area contributed by atoms with Crippen LogP contribution in [-0.4, -0.2) is 30.9 Å². The van der Waals surface area contributed by atoms with Crippen LogP contribution in [0.5, 0.6) is 0 Å². The van der Waals surface area contributed by atoms with Gasteiger partial charge in [0.2, 0.25) is 5.91 Å². The average molecular weight is 292 g/mol. The lowest BCUT2D eigenvalue weighted by Gasteiger charge is -2.19. The van der Waals surface area contributed by atoms with Gasteiger partial charge in [0.25, 0.3) is 5.91 Å². The van der Waals surface area contributed by atoms with Crippen LogP contribution in [-0.2, 0) is 14.3 Å². The zero-order chi connectivity index (χ0) is 16.0. The molecule has 0 aliphatic rings. The molecule has 0 aliphatic carbocycles. The summed E-state index contributed by atoms with van der Waals surface area (Å²) < 4.78 is 4.67. The minimum absolute atomic E-state index is 0.0833. The SMILES string of the molecule is COC(=O)[C@H](NC(=O)c1ccc(NC(C)=O)cc1)C(C)C. The van der Waals surface area contributed by atoms with E-state index >= 15 is 0 Å². The number of hydrogen-bond donors (Lipinski definition) is 2. The van der Waals surface area contributed by atoms with Crippen molar-refractivity contribution in [2.75, 3.05) is 12.4 Å². The number of nitrogens with one attached hydrogen (secondary N) is 2. The summed E-state index contributed by atoms with van der Waals surface area (Å²) in [6.45, 7) is 5.05. The lowest BCUT2D eigenvalue weighted by atomic mass is 10.0. The molecule has 1 aromatic rings. The van der Waals surface area contributed by atoms with Gasteiger partial charge in [0, 0.05) is 18.2 Å². The molecule has 0 fully saturated rings. The third kappa shape index (κ3) is 4.91. The van der Waals surface area contributed by atoms with E-state index in [1.165, 1.54) is 14.0 Å². The maximum atomic E-state index is 12.1. The number of ether oxygens (including phenoxy) is 1. The van der Waals surface area contributed by atoms with Crippen molar-refractivity contribution < 1.29 is 19.1 Å². The number of hydrogen-bond acceptors (Lipinski definition) is 4. The van der Waals surface area contributed by atoms with E-state index in [2.05, 4.69) is 15.4 Å². The van der Waals surface area contributed by atoms with Crippen molar-refractivity contribution >= 4 is 23.5 Å². The van der Waals surface area contributed by atoms with Crippen molar-refractivity contribution in [3.05, 3.63) is 29.8 Å². The molecular formula is C15H20N2O4. The molecule has 0 saturated carbocycles. The first-order valence-corrected chi connectivity index (χ1v) is 6.61. The van der Waals surface area contributed by atoms with Crippen LogP contribution in [0.25, 0.3) is 0 Å². The van der Waals surface area contributed by atoms with Gasteiger partial charge in [0.15, 0.2) is 0 Å². The predicted octanol–water partition coefficient (Wildman–Crippen LogP) is 1.57. The maximum Gasteiger partial charge on any atom is 0.328 e. The third-order valence-electron chi connectivity index (χ3n) is 2.88. The summed E-state index contributed by atoms with van der Waals surface area (Å²) in [4.78, 5) is 34.6. The first-order chi connectivity index (χ1) is 9.85. The minimum atomic E-state index is -0.697. The Labute approximate surface area is 123 Å². The van der Waals surface area contributed by atoms with E-state index < -0.39 is 12.0 Å². The Balaban J connectivity index is 2.78. The molecule has 0 heterocycles. The molecule has 1 rings (SSSR count). The molecule has 0 aliphatic heterocycles. The number of carbonyl (C=O) groups is 3. The summed E-state index contributed by atoms with van der Waals surface area (Å²) in [6.07, 6.45) is 0. The van der Waals surface area contributed by atoms with Crippen LogP contribution in [0.2, 0.25) is 0 Å². The van der Waals surface area contributed by atoms with E-state index in [0.717, 1.165) is 0 Å². The second-order valence-corrected chi connectivity index (χ2v) is 4.98. The fourth-order valence-electron chi connectivity index (χ4n) is 1.76. The van der Waals surface area contributed by atoms with Crippen LogP contribution in [0.1, 0.15) is 31.1 Å². The molecule has 2 N–H and O–H groups in total. The van der Waals surface area contributed by atoms with Crippen molar-refractivity contribution in [1.29, 1.82) is 0 Å². The average Bonchev–Trinajstić information content (AvgIpc) is 2.43. The number of esters is 1. The molecule has 0 bridgehead atoms. The molecule has 1 aromatic carbocycles. The fraction of sp³-hybridized carbons (Fsp3) is 0.400. The smallest absolute Gasteiger partial charge is 0.328 e. The molecule has 0 saturated heterocycles. The van der Waals surface area contributed by atoms with E-state index in [0.29, 0.717) is 11.3 Å². The topological polar surface area (TPSA) is 84.5 Å². The molecule has 0 aromatic heterocycles. The molecule has 6 heteroatoms. The number of methoxy groups -OCH3 is 1. The Morgan fingerprint density at radius 1 is 1.10 bits per heavy atom. The highest BCUT2D eigenvalue weighted by Gasteiger charge is 2.25. The van der Waals surface area contributed by atoms with Gasteiger partial charge in [-0.3, -0.25) is 9.59 Å². The maximum absolute atomic E-state index is 12.1. The monoisotopic (exact) mass is 292 g/mol. The summed E-state index contributed by atoms with van der Waals surface area (Å²) in [7, 11) is 1.28. The van der Waals surface area contributed by atoms with Crippen molar-refractivity contribution in [3.63, 3.8) is 0 Å². The summed E-state index contributed by atoms with van der Waals surface area (Å²) >= 11 is 0. The summed E-state index contributed by atoms with van der Waals surface area (Å²) in [6, 6.07) is 5.71. The Morgan fingerprint density at radius 3 is 2.10 bits per heavy atom. The lowest BCUT2D eigenvalue weighted by Crippen LogP contribution is -2.45. The van der Waals surface area contributed by atoms with Crippen LogP contribution >= 0.6 is 0 Å². The van der Waals surface area contributed by atoms with E-state index in [9.17, 15) is 14.4 Å². The highest BCUT2D eigenvalue weighted by molar-refractivity contribution is 5.97. The highest BCUT2D eigenvalue weighted by atomic mass is 16.5. The molecule has 1 atom stereocenters. The summed E-state index contributed by atoms with van der Waals surface area (Å²) in [5, 5.41) is 5.26. The van der Waals surface area contributed by atoms with Crippen LogP contribution in [0.4, 0.5) is 5.69 Å². The highest BCUT2D eigenvalue weighted by Crippen LogP contribution is 2.11. The number of benzene rings is 1. The Kier molecular flexibility index (Phi) is 5.90. The molecule has 0 radical (unpaired) electrons. The third-order valence-corrected chi connectivity index (χ3v) is 2.88. The molecular weight excluding hydrogens is 272 g/mol. The van der Waals surface area contributed by atoms with Gasteiger partial charge in [0.1, 0.15) is 6.04 Å². The molecule has 2 amide bonds. The van der Waals surface area contributed by atoms with Crippen LogP contribution < -0.4 is 10.6 Å². The Morgan fingerprint density at radius 2 is 1.67 bits per heavy atom. The van der Waals surface area contributed by atoms with Gasteiger partial charge in [-0.1, -0.05) is 13.8 Å². The number of rotatable bonds is 5. The largest absolute Gasteiger partial charge is 0.467 e. The molecule has 114 valence electrons. The van der Waals surface area contributed by atoms with Crippen molar-refractivity contribution in [1.82, 2.24) is 5.32 Å². The van der Waals surface area contributed by atoms with E-state index in [1.54, 1.807) is 24.3 Å². The standard InChI is InChI=1S/C15H20N2O4/c1-9(2)13(15(20)21-4)17-14(19)11-5-7-12(8-6-11)16-10(3)18/h5-9,13H,1-4H3,(H,16,18)(H,17,19)/t13-/m1/s1. The van der Waals surface area contributed by atoms with E-state index in [4.69, 9.17) is 0 Å². The van der Waals surface area contributed by atoms with E-state index in [-0.39, 0.29) is 17.7 Å². The Bertz CT molecular complexity index is 523. The zero-order valence-electron chi connectivity index (χ0n) is 12.6. The van der Waals surface area contributed by atoms with Crippen LogP contribution in [0.3, 0.4) is 0 Å². The fourth-order valence-corrected chi connectivity index (χ4v) is 1.76. The minimum Gasteiger partial charge on any atom is -0.467 e.